The summed E-state index contributed by atoms with van der Waals surface area (Å²) in [6.45, 7) is 2.48. The molecule has 0 saturated carbocycles. The summed E-state index contributed by atoms with van der Waals surface area (Å²) in [4.78, 5) is 4.30. The predicted octanol–water partition coefficient (Wildman–Crippen LogP) is 3.40. The second-order valence-corrected chi connectivity index (χ2v) is 4.94. The van der Waals surface area contributed by atoms with E-state index in [9.17, 15) is 0 Å². The molecule has 2 rings (SSSR count). The largest absolute Gasteiger partial charge is 0.429 e. The van der Waals surface area contributed by atoms with Crippen LogP contribution in [0.15, 0.2) is 18.2 Å². The maximum atomic E-state index is 5.94. The monoisotopic (exact) mass is 283 g/mol. The molecule has 0 atom stereocenters. The fraction of sp³-hybridized carbons (Fsp3) is 0.333. The van der Waals surface area contributed by atoms with Crippen LogP contribution in [0.3, 0.4) is 0 Å². The van der Waals surface area contributed by atoms with Crippen molar-refractivity contribution in [3.8, 4) is 10.9 Å². The average Bonchev–Trinajstić information content (AvgIpc) is 2.77. The van der Waals surface area contributed by atoms with Gasteiger partial charge in [-0.05, 0) is 18.6 Å². The van der Waals surface area contributed by atoms with Gasteiger partial charge in [-0.3, -0.25) is 0 Å². The zero-order chi connectivity index (χ0) is 13.0. The molecule has 4 nitrogen and oxygen atoms in total. The van der Waals surface area contributed by atoms with Crippen molar-refractivity contribution in [2.45, 2.75) is 26.3 Å². The van der Waals surface area contributed by atoms with Gasteiger partial charge in [-0.1, -0.05) is 24.6 Å². The lowest BCUT2D eigenvalue weighted by Crippen LogP contribution is -1.99. The van der Waals surface area contributed by atoms with Crippen molar-refractivity contribution in [2.75, 3.05) is 0 Å². The number of hydrogen-bond donors (Lipinski definition) is 1. The third-order valence-corrected chi connectivity index (χ3v) is 3.24. The summed E-state index contributed by atoms with van der Waals surface area (Å²) >= 11 is 7.18. The van der Waals surface area contributed by atoms with Gasteiger partial charge in [0.05, 0.1) is 0 Å². The molecule has 0 saturated heterocycles. The summed E-state index contributed by atoms with van der Waals surface area (Å²) in [5, 5.41) is 1.14. The first-order chi connectivity index (χ1) is 8.72. The van der Waals surface area contributed by atoms with Crippen molar-refractivity contribution < 1.29 is 4.74 Å². The normalized spacial score (nSPS) is 10.6. The maximum Gasteiger partial charge on any atom is 0.298 e. The minimum Gasteiger partial charge on any atom is -0.429 e. The van der Waals surface area contributed by atoms with E-state index >= 15 is 0 Å². The van der Waals surface area contributed by atoms with Crippen molar-refractivity contribution in [3.63, 3.8) is 0 Å². The van der Waals surface area contributed by atoms with Crippen molar-refractivity contribution in [1.29, 1.82) is 0 Å². The number of aromatic nitrogens is 2. The van der Waals surface area contributed by atoms with E-state index < -0.39 is 0 Å². The van der Waals surface area contributed by atoms with Crippen LogP contribution in [-0.2, 0) is 13.0 Å². The maximum absolute atomic E-state index is 5.94. The number of ether oxygens (including phenoxy) is 1. The van der Waals surface area contributed by atoms with Crippen LogP contribution in [-0.4, -0.2) is 9.36 Å². The zero-order valence-electron chi connectivity index (χ0n) is 10.0. The van der Waals surface area contributed by atoms with Crippen molar-refractivity contribution >= 4 is 23.1 Å². The molecule has 0 spiro atoms. The molecule has 2 N–H and O–H groups in total. The van der Waals surface area contributed by atoms with E-state index in [1.54, 1.807) is 12.1 Å². The molecule has 0 aliphatic rings. The van der Waals surface area contributed by atoms with Crippen LogP contribution < -0.4 is 10.5 Å². The van der Waals surface area contributed by atoms with Gasteiger partial charge in [-0.25, -0.2) is 0 Å². The topological polar surface area (TPSA) is 61.0 Å². The molecule has 0 unspecified atom stereocenters. The minimum absolute atomic E-state index is 0.396. The van der Waals surface area contributed by atoms with Gasteiger partial charge >= 0.3 is 0 Å². The molecule has 18 heavy (non-hydrogen) atoms. The smallest absolute Gasteiger partial charge is 0.298 e. The average molecular weight is 284 g/mol. The van der Waals surface area contributed by atoms with Crippen LogP contribution in [0.25, 0.3) is 0 Å². The van der Waals surface area contributed by atoms with Crippen LogP contribution in [0, 0.1) is 0 Å². The molecule has 0 radical (unpaired) electrons. The summed E-state index contributed by atoms with van der Waals surface area (Å²) in [5.41, 5.74) is 6.55. The molecule has 0 aliphatic heterocycles. The van der Waals surface area contributed by atoms with E-state index in [0.717, 1.165) is 24.2 Å². The third kappa shape index (κ3) is 3.19. The van der Waals surface area contributed by atoms with Gasteiger partial charge in [0.15, 0.2) is 0 Å². The van der Waals surface area contributed by atoms with E-state index in [4.69, 9.17) is 22.1 Å². The molecule has 2 aromatic rings. The first kappa shape index (κ1) is 13.3. The molecular formula is C12H14ClN3OS. The molecule has 6 heteroatoms. The number of benzene rings is 1. The Morgan fingerprint density at radius 1 is 1.44 bits per heavy atom. The molecular weight excluding hydrogens is 270 g/mol. The fourth-order valence-electron chi connectivity index (χ4n) is 1.49. The lowest BCUT2D eigenvalue weighted by Gasteiger charge is -2.07. The molecule has 96 valence electrons. The Bertz CT molecular complexity index is 530. The molecule has 0 aliphatic carbocycles. The van der Waals surface area contributed by atoms with Gasteiger partial charge < -0.3 is 10.5 Å². The molecule has 1 aromatic heterocycles. The first-order valence-corrected chi connectivity index (χ1v) is 6.87. The highest BCUT2D eigenvalue weighted by atomic mass is 35.5. The third-order valence-electron chi connectivity index (χ3n) is 2.37. The number of nitrogens with zero attached hydrogens (tertiary/aromatic N) is 2. The summed E-state index contributed by atoms with van der Waals surface area (Å²) in [6.07, 6.45) is 1.88. The van der Waals surface area contributed by atoms with E-state index in [-0.39, 0.29) is 0 Å². The van der Waals surface area contributed by atoms with Gasteiger partial charge in [-0.2, -0.15) is 9.36 Å². The van der Waals surface area contributed by atoms with Crippen LogP contribution in [0.2, 0.25) is 5.02 Å². The van der Waals surface area contributed by atoms with Gasteiger partial charge in [-0.15, -0.1) is 0 Å². The van der Waals surface area contributed by atoms with Gasteiger partial charge in [0, 0.05) is 35.1 Å². The highest BCUT2D eigenvalue weighted by Gasteiger charge is 2.09. The van der Waals surface area contributed by atoms with Crippen LogP contribution in [0.5, 0.6) is 10.9 Å². The molecule has 0 bridgehead atoms. The summed E-state index contributed by atoms with van der Waals surface area (Å²) in [7, 11) is 0. The Kier molecular flexibility index (Phi) is 4.52. The van der Waals surface area contributed by atoms with Gasteiger partial charge in [0.25, 0.3) is 5.19 Å². The van der Waals surface area contributed by atoms with Crippen LogP contribution in [0.1, 0.15) is 24.7 Å². The van der Waals surface area contributed by atoms with E-state index in [0.29, 0.717) is 22.5 Å². The summed E-state index contributed by atoms with van der Waals surface area (Å²) in [5.74, 6) is 1.46. The van der Waals surface area contributed by atoms with Crippen LogP contribution >= 0.6 is 23.1 Å². The SMILES string of the molecule is CCCc1nsc(Oc2cc(Cl)ccc2CN)n1. The van der Waals surface area contributed by atoms with Crippen molar-refractivity contribution in [2.24, 2.45) is 5.73 Å². The number of rotatable bonds is 5. The van der Waals surface area contributed by atoms with Crippen LogP contribution in [0.4, 0.5) is 0 Å². The Labute approximate surface area is 115 Å². The minimum atomic E-state index is 0.396. The fourth-order valence-corrected chi connectivity index (χ4v) is 2.24. The highest BCUT2D eigenvalue weighted by molar-refractivity contribution is 7.07. The van der Waals surface area contributed by atoms with Gasteiger partial charge in [0.2, 0.25) is 0 Å². The number of nitrogens with two attached hydrogens (primary N) is 1. The molecule has 1 aromatic carbocycles. The zero-order valence-corrected chi connectivity index (χ0v) is 11.6. The molecule has 0 fully saturated rings. The quantitative estimate of drug-likeness (QED) is 0.913. The highest BCUT2D eigenvalue weighted by Crippen LogP contribution is 2.29. The summed E-state index contributed by atoms with van der Waals surface area (Å²) < 4.78 is 9.91. The van der Waals surface area contributed by atoms with E-state index in [1.807, 2.05) is 6.07 Å². The first-order valence-electron chi connectivity index (χ1n) is 5.72. The number of halogens is 1. The predicted molar refractivity (Wildman–Crippen MR) is 73.3 cm³/mol. The van der Waals surface area contributed by atoms with E-state index in [2.05, 4.69) is 16.3 Å². The molecule has 1 heterocycles. The number of hydrogen-bond acceptors (Lipinski definition) is 5. The van der Waals surface area contributed by atoms with Crippen molar-refractivity contribution in [1.82, 2.24) is 9.36 Å². The van der Waals surface area contributed by atoms with Crippen molar-refractivity contribution in [3.05, 3.63) is 34.6 Å². The Hall–Kier alpha value is -1.17. The van der Waals surface area contributed by atoms with Gasteiger partial charge in [0.1, 0.15) is 11.6 Å². The second kappa shape index (κ2) is 6.13. The van der Waals surface area contributed by atoms with E-state index in [1.165, 1.54) is 11.5 Å². The Morgan fingerprint density at radius 3 is 3.00 bits per heavy atom. The Balaban J connectivity index is 2.19. The second-order valence-electron chi connectivity index (χ2n) is 3.78. The lowest BCUT2D eigenvalue weighted by atomic mass is 10.2. The summed E-state index contributed by atoms with van der Waals surface area (Å²) in [6, 6.07) is 5.38. The standard InChI is InChI=1S/C12H14ClN3OS/c1-2-3-11-15-12(18-16-11)17-10-6-9(13)5-4-8(10)7-14/h4-6H,2-3,7,14H2,1H3. The Morgan fingerprint density at radius 2 is 2.28 bits per heavy atom. The molecule has 0 amide bonds. The number of aryl methyl sites for hydroxylation is 1. The lowest BCUT2D eigenvalue weighted by molar-refractivity contribution is 0.471.